The molecule has 1 atom stereocenters. The minimum absolute atomic E-state index is 0.599. The summed E-state index contributed by atoms with van der Waals surface area (Å²) in [4.78, 5) is 4.07. The molecule has 1 heterocycles. The first-order valence-corrected chi connectivity index (χ1v) is 7.55. The average molecular weight is 313 g/mol. The van der Waals surface area contributed by atoms with Gasteiger partial charge in [-0.2, -0.15) is 0 Å². The third-order valence-electron chi connectivity index (χ3n) is 2.65. The van der Waals surface area contributed by atoms with Crippen LogP contribution in [-0.4, -0.2) is 15.3 Å². The summed E-state index contributed by atoms with van der Waals surface area (Å²) >= 11 is 14.3. The second-order valence-corrected chi connectivity index (χ2v) is 6.65. The SMILES string of the molecule is C=CCSC(Cl)(Cc1ccc(Cl)cc1)n1ccnc1. The van der Waals surface area contributed by atoms with Gasteiger partial charge in [0.1, 0.15) is 0 Å². The molecule has 0 N–H and O–H groups in total. The highest BCUT2D eigenvalue weighted by Crippen LogP contribution is 2.39. The Morgan fingerprint density at radius 3 is 2.68 bits per heavy atom. The quantitative estimate of drug-likeness (QED) is 0.575. The summed E-state index contributed by atoms with van der Waals surface area (Å²) in [6.07, 6.45) is 7.87. The van der Waals surface area contributed by atoms with Crippen molar-refractivity contribution in [1.82, 2.24) is 9.55 Å². The van der Waals surface area contributed by atoms with Crippen molar-refractivity contribution < 1.29 is 0 Å². The molecule has 100 valence electrons. The van der Waals surface area contributed by atoms with Gasteiger partial charge in [-0.05, 0) is 17.7 Å². The minimum Gasteiger partial charge on any atom is -0.309 e. The van der Waals surface area contributed by atoms with Crippen LogP contribution in [0.4, 0.5) is 0 Å². The number of imidazole rings is 1. The molecule has 0 fully saturated rings. The molecule has 2 rings (SSSR count). The monoisotopic (exact) mass is 312 g/mol. The average Bonchev–Trinajstić information content (AvgIpc) is 2.94. The van der Waals surface area contributed by atoms with Crippen molar-refractivity contribution in [3.63, 3.8) is 0 Å². The second kappa shape index (κ2) is 6.51. The van der Waals surface area contributed by atoms with Gasteiger partial charge < -0.3 is 4.57 Å². The van der Waals surface area contributed by atoms with E-state index in [1.807, 2.05) is 41.1 Å². The Kier molecular flexibility index (Phi) is 4.97. The van der Waals surface area contributed by atoms with Crippen LogP contribution in [0.15, 0.2) is 55.6 Å². The van der Waals surface area contributed by atoms with Gasteiger partial charge in [-0.25, -0.2) is 4.98 Å². The summed E-state index contributed by atoms with van der Waals surface area (Å²) in [5.74, 6) is 0.773. The van der Waals surface area contributed by atoms with E-state index in [0.717, 1.165) is 16.3 Å². The summed E-state index contributed by atoms with van der Waals surface area (Å²) in [5, 5.41) is 0.727. The van der Waals surface area contributed by atoms with Crippen LogP contribution < -0.4 is 0 Å². The van der Waals surface area contributed by atoms with Gasteiger partial charge in [0, 0.05) is 29.6 Å². The van der Waals surface area contributed by atoms with Crippen molar-refractivity contribution in [3.05, 3.63) is 66.2 Å². The fraction of sp³-hybridized carbons (Fsp3) is 0.214. The van der Waals surface area contributed by atoms with Gasteiger partial charge in [0.05, 0.1) is 6.33 Å². The van der Waals surface area contributed by atoms with E-state index in [1.54, 1.807) is 24.3 Å². The summed E-state index contributed by atoms with van der Waals surface area (Å²) < 4.78 is 1.32. The van der Waals surface area contributed by atoms with E-state index < -0.39 is 4.33 Å². The van der Waals surface area contributed by atoms with Crippen LogP contribution in [0.25, 0.3) is 0 Å². The standard InChI is InChI=1S/C14H14Cl2N2S/c1-2-9-19-14(16,18-8-7-17-11-18)10-12-3-5-13(15)6-4-12/h2-8,11H,1,9-10H2. The highest BCUT2D eigenvalue weighted by atomic mass is 35.5. The first kappa shape index (κ1) is 14.5. The molecule has 1 aromatic carbocycles. The van der Waals surface area contributed by atoms with E-state index >= 15 is 0 Å². The minimum atomic E-state index is -0.599. The number of alkyl halides is 1. The molecule has 19 heavy (non-hydrogen) atoms. The van der Waals surface area contributed by atoms with Crippen molar-refractivity contribution >= 4 is 35.0 Å². The Labute approximate surface area is 127 Å². The molecular weight excluding hydrogens is 299 g/mol. The predicted molar refractivity (Wildman–Crippen MR) is 83.9 cm³/mol. The number of hydrogen-bond acceptors (Lipinski definition) is 2. The number of benzene rings is 1. The lowest BCUT2D eigenvalue weighted by Crippen LogP contribution is -2.25. The van der Waals surface area contributed by atoms with Crippen LogP contribution in [0.1, 0.15) is 5.56 Å². The van der Waals surface area contributed by atoms with Crippen LogP contribution in [-0.2, 0) is 10.8 Å². The second-order valence-electron chi connectivity index (χ2n) is 4.06. The molecule has 1 unspecified atom stereocenters. The summed E-state index contributed by atoms with van der Waals surface area (Å²) in [6, 6.07) is 7.73. The molecule has 2 aromatic rings. The Bertz CT molecular complexity index is 525. The summed E-state index contributed by atoms with van der Waals surface area (Å²) in [5.41, 5.74) is 1.13. The van der Waals surface area contributed by atoms with Crippen LogP contribution in [0.2, 0.25) is 5.02 Å². The van der Waals surface area contributed by atoms with Crippen LogP contribution in [0.5, 0.6) is 0 Å². The lowest BCUT2D eigenvalue weighted by atomic mass is 10.1. The maximum absolute atomic E-state index is 6.76. The third-order valence-corrected chi connectivity index (χ3v) is 4.76. The third kappa shape index (κ3) is 3.78. The van der Waals surface area contributed by atoms with Crippen molar-refractivity contribution in [2.45, 2.75) is 10.8 Å². The van der Waals surface area contributed by atoms with Gasteiger partial charge in [0.25, 0.3) is 0 Å². The molecular formula is C14H14Cl2N2S. The van der Waals surface area contributed by atoms with Gasteiger partial charge in [-0.1, -0.05) is 41.4 Å². The Hall–Kier alpha value is -0.900. The molecule has 0 amide bonds. The maximum atomic E-state index is 6.76. The van der Waals surface area contributed by atoms with Crippen LogP contribution in [0, 0.1) is 0 Å². The molecule has 0 saturated carbocycles. The number of hydrogen-bond donors (Lipinski definition) is 0. The number of rotatable bonds is 6. The molecule has 0 bridgehead atoms. The van der Waals surface area contributed by atoms with Crippen molar-refractivity contribution in [1.29, 1.82) is 0 Å². The van der Waals surface area contributed by atoms with E-state index in [1.165, 1.54) is 0 Å². The topological polar surface area (TPSA) is 17.8 Å². The van der Waals surface area contributed by atoms with E-state index in [-0.39, 0.29) is 0 Å². The first-order chi connectivity index (χ1) is 9.14. The molecule has 0 aliphatic rings. The zero-order chi connectivity index (χ0) is 13.7. The fourth-order valence-corrected chi connectivity index (χ4v) is 3.18. The zero-order valence-corrected chi connectivity index (χ0v) is 12.6. The maximum Gasteiger partial charge on any atom is 0.170 e. The highest BCUT2D eigenvalue weighted by Gasteiger charge is 2.29. The fourth-order valence-electron chi connectivity index (χ4n) is 1.71. The predicted octanol–water partition coefficient (Wildman–Crippen LogP) is 4.55. The Morgan fingerprint density at radius 2 is 2.11 bits per heavy atom. The van der Waals surface area contributed by atoms with Crippen LogP contribution in [0.3, 0.4) is 0 Å². The van der Waals surface area contributed by atoms with Gasteiger partial charge in [-0.15, -0.1) is 18.3 Å². The smallest absolute Gasteiger partial charge is 0.170 e. The molecule has 1 aromatic heterocycles. The molecule has 0 saturated heterocycles. The number of aromatic nitrogens is 2. The van der Waals surface area contributed by atoms with Crippen LogP contribution >= 0.6 is 35.0 Å². The largest absolute Gasteiger partial charge is 0.309 e. The highest BCUT2D eigenvalue weighted by molar-refractivity contribution is 8.01. The van der Waals surface area contributed by atoms with Gasteiger partial charge in [0.15, 0.2) is 4.33 Å². The molecule has 0 radical (unpaired) electrons. The lowest BCUT2D eigenvalue weighted by Gasteiger charge is -2.27. The molecule has 0 spiro atoms. The van der Waals surface area contributed by atoms with E-state index in [0.29, 0.717) is 6.42 Å². The number of nitrogens with zero attached hydrogens (tertiary/aromatic N) is 2. The van der Waals surface area contributed by atoms with E-state index in [4.69, 9.17) is 23.2 Å². The van der Waals surface area contributed by atoms with E-state index in [2.05, 4.69) is 11.6 Å². The first-order valence-electron chi connectivity index (χ1n) is 5.81. The number of thioether (sulfide) groups is 1. The molecule has 5 heteroatoms. The number of halogens is 2. The summed E-state index contributed by atoms with van der Waals surface area (Å²) in [7, 11) is 0. The van der Waals surface area contributed by atoms with Crippen molar-refractivity contribution in [3.8, 4) is 0 Å². The normalized spacial score (nSPS) is 14.0. The summed E-state index contributed by atoms with van der Waals surface area (Å²) in [6.45, 7) is 3.74. The molecule has 0 aliphatic heterocycles. The van der Waals surface area contributed by atoms with E-state index in [9.17, 15) is 0 Å². The Balaban J connectivity index is 2.22. The van der Waals surface area contributed by atoms with Gasteiger partial charge in [0.2, 0.25) is 0 Å². The lowest BCUT2D eigenvalue weighted by molar-refractivity contribution is 0.606. The molecule has 0 aliphatic carbocycles. The molecule has 2 nitrogen and oxygen atoms in total. The van der Waals surface area contributed by atoms with Crippen molar-refractivity contribution in [2.75, 3.05) is 5.75 Å². The van der Waals surface area contributed by atoms with Gasteiger partial charge in [-0.3, -0.25) is 0 Å². The van der Waals surface area contributed by atoms with Crippen molar-refractivity contribution in [2.24, 2.45) is 0 Å². The van der Waals surface area contributed by atoms with Gasteiger partial charge >= 0.3 is 0 Å². The zero-order valence-electron chi connectivity index (χ0n) is 10.3. The Morgan fingerprint density at radius 1 is 1.37 bits per heavy atom.